The van der Waals surface area contributed by atoms with Crippen molar-refractivity contribution in [2.45, 2.75) is 44.6 Å². The molecule has 25 heavy (non-hydrogen) atoms. The number of carbonyl (C=O) groups excluding carboxylic acids is 1. The molecule has 0 bridgehead atoms. The van der Waals surface area contributed by atoms with E-state index in [2.05, 4.69) is 29.4 Å². The predicted octanol–water partition coefficient (Wildman–Crippen LogP) is 2.00. The predicted molar refractivity (Wildman–Crippen MR) is 99.8 cm³/mol. The molecular formula is C19H33N5O. The Morgan fingerprint density at radius 3 is 2.80 bits per heavy atom. The quantitative estimate of drug-likeness (QED) is 0.855. The summed E-state index contributed by atoms with van der Waals surface area (Å²) in [6, 6.07) is 2.28. The number of nitrogens with zero attached hydrogens (tertiary/aromatic N) is 4. The van der Waals surface area contributed by atoms with Gasteiger partial charge in [-0.25, -0.2) is 0 Å². The molecule has 2 aliphatic heterocycles. The molecule has 6 nitrogen and oxygen atoms in total. The minimum atomic E-state index is 0.106. The van der Waals surface area contributed by atoms with Gasteiger partial charge in [0.2, 0.25) is 0 Å². The molecule has 3 rings (SSSR count). The van der Waals surface area contributed by atoms with Crippen LogP contribution >= 0.6 is 0 Å². The Labute approximate surface area is 151 Å². The van der Waals surface area contributed by atoms with Crippen molar-refractivity contribution in [3.8, 4) is 0 Å². The Hall–Kier alpha value is -1.40. The zero-order valence-corrected chi connectivity index (χ0v) is 15.8. The lowest BCUT2D eigenvalue weighted by Crippen LogP contribution is -2.39. The molecular weight excluding hydrogens is 314 g/mol. The maximum atomic E-state index is 12.7. The van der Waals surface area contributed by atoms with Crippen molar-refractivity contribution >= 4 is 5.91 Å². The first-order chi connectivity index (χ1) is 12.1. The largest absolute Gasteiger partial charge is 0.337 e. The number of hydrogen-bond donors (Lipinski definition) is 1. The molecule has 1 amide bonds. The first-order valence-corrected chi connectivity index (χ1v) is 9.83. The highest BCUT2D eigenvalue weighted by Gasteiger charge is 2.25. The fourth-order valence-corrected chi connectivity index (χ4v) is 4.00. The average molecular weight is 348 g/mol. The van der Waals surface area contributed by atoms with Crippen LogP contribution in [0.5, 0.6) is 0 Å². The van der Waals surface area contributed by atoms with Gasteiger partial charge in [-0.05, 0) is 77.7 Å². The van der Waals surface area contributed by atoms with Gasteiger partial charge in [0.15, 0.2) is 0 Å². The van der Waals surface area contributed by atoms with E-state index in [9.17, 15) is 4.79 Å². The second-order valence-corrected chi connectivity index (χ2v) is 7.86. The summed E-state index contributed by atoms with van der Waals surface area (Å²) in [5, 5.41) is 7.98. The molecule has 2 fully saturated rings. The van der Waals surface area contributed by atoms with E-state index in [0.717, 1.165) is 57.9 Å². The van der Waals surface area contributed by atoms with Gasteiger partial charge >= 0.3 is 0 Å². The molecule has 0 saturated carbocycles. The minimum absolute atomic E-state index is 0.106. The molecule has 0 spiro atoms. The standard InChI is InChI=1S/C19H33N5O/c1-22(2)11-4-5-16-7-12-23(13-8-16)19(25)18-9-14-24(21-18)17-6-3-10-20-15-17/h9,14,16-17,20H,3-8,10-13,15H2,1-2H3. The van der Waals surface area contributed by atoms with Gasteiger partial charge in [-0.15, -0.1) is 0 Å². The van der Waals surface area contributed by atoms with Crippen molar-refractivity contribution < 1.29 is 4.79 Å². The Kier molecular flexibility index (Phi) is 6.48. The first kappa shape index (κ1) is 18.4. The Bertz CT molecular complexity index is 542. The number of aromatic nitrogens is 2. The highest BCUT2D eigenvalue weighted by atomic mass is 16.2. The minimum Gasteiger partial charge on any atom is -0.337 e. The van der Waals surface area contributed by atoms with Gasteiger partial charge in [0.05, 0.1) is 6.04 Å². The van der Waals surface area contributed by atoms with Crippen molar-refractivity contribution in [1.29, 1.82) is 0 Å². The van der Waals surface area contributed by atoms with Gasteiger partial charge in [-0.1, -0.05) is 0 Å². The van der Waals surface area contributed by atoms with Crippen molar-refractivity contribution in [2.24, 2.45) is 5.92 Å². The molecule has 3 heterocycles. The zero-order valence-electron chi connectivity index (χ0n) is 15.8. The molecule has 1 N–H and O–H groups in total. The van der Waals surface area contributed by atoms with Gasteiger partial charge in [-0.2, -0.15) is 5.10 Å². The first-order valence-electron chi connectivity index (χ1n) is 9.83. The summed E-state index contributed by atoms with van der Waals surface area (Å²) in [5.74, 6) is 0.879. The van der Waals surface area contributed by atoms with Crippen LogP contribution in [0.1, 0.15) is 55.1 Å². The van der Waals surface area contributed by atoms with Gasteiger partial charge in [0.25, 0.3) is 5.91 Å². The van der Waals surface area contributed by atoms with Crippen LogP contribution in [0.25, 0.3) is 0 Å². The maximum absolute atomic E-state index is 12.7. The molecule has 6 heteroatoms. The maximum Gasteiger partial charge on any atom is 0.274 e. The smallest absolute Gasteiger partial charge is 0.274 e. The molecule has 1 unspecified atom stereocenters. The molecule has 1 atom stereocenters. The topological polar surface area (TPSA) is 53.4 Å². The molecule has 140 valence electrons. The van der Waals surface area contributed by atoms with Gasteiger partial charge in [-0.3, -0.25) is 9.48 Å². The summed E-state index contributed by atoms with van der Waals surface area (Å²) in [6.45, 7) is 4.96. The SMILES string of the molecule is CN(C)CCCC1CCN(C(=O)c2ccn(C3CCCNC3)n2)CC1. The number of piperidine rings is 2. The van der Waals surface area contributed by atoms with Gasteiger partial charge in [0.1, 0.15) is 5.69 Å². The van der Waals surface area contributed by atoms with E-state index in [-0.39, 0.29) is 5.91 Å². The van der Waals surface area contributed by atoms with Crippen LogP contribution in [0.3, 0.4) is 0 Å². The van der Waals surface area contributed by atoms with Crippen LogP contribution in [0.2, 0.25) is 0 Å². The summed E-state index contributed by atoms with van der Waals surface area (Å²) < 4.78 is 1.98. The summed E-state index contributed by atoms with van der Waals surface area (Å²) in [4.78, 5) is 17.0. The van der Waals surface area contributed by atoms with E-state index in [1.54, 1.807) is 0 Å². The van der Waals surface area contributed by atoms with Crippen LogP contribution in [0, 0.1) is 5.92 Å². The van der Waals surface area contributed by atoms with Crippen LogP contribution < -0.4 is 5.32 Å². The third-order valence-corrected chi connectivity index (χ3v) is 5.59. The number of likely N-dealkylation sites (tertiary alicyclic amines) is 1. The molecule has 0 aromatic carbocycles. The monoisotopic (exact) mass is 347 g/mol. The van der Waals surface area contributed by atoms with E-state index in [4.69, 9.17) is 0 Å². The molecule has 0 aliphatic carbocycles. The van der Waals surface area contributed by atoms with E-state index in [0.29, 0.717) is 11.7 Å². The van der Waals surface area contributed by atoms with Gasteiger partial charge < -0.3 is 15.1 Å². The normalized spacial score (nSPS) is 22.5. The fraction of sp³-hybridized carbons (Fsp3) is 0.789. The van der Waals surface area contributed by atoms with Crippen molar-refractivity contribution in [3.05, 3.63) is 18.0 Å². The third kappa shape index (κ3) is 5.05. The molecule has 1 aromatic heterocycles. The van der Waals surface area contributed by atoms with Crippen LogP contribution in [-0.2, 0) is 0 Å². The summed E-state index contributed by atoms with van der Waals surface area (Å²) in [6.07, 6.45) is 9.09. The van der Waals surface area contributed by atoms with Crippen molar-refractivity contribution in [3.63, 3.8) is 0 Å². The molecule has 2 saturated heterocycles. The lowest BCUT2D eigenvalue weighted by molar-refractivity contribution is 0.0677. The fourth-order valence-electron chi connectivity index (χ4n) is 4.00. The van der Waals surface area contributed by atoms with E-state index < -0.39 is 0 Å². The van der Waals surface area contributed by atoms with E-state index in [1.165, 1.54) is 19.3 Å². The molecule has 0 radical (unpaired) electrons. The summed E-state index contributed by atoms with van der Waals surface area (Å²) in [7, 11) is 4.26. The lowest BCUT2D eigenvalue weighted by atomic mass is 9.92. The number of nitrogens with one attached hydrogen (secondary N) is 1. The number of carbonyl (C=O) groups is 1. The molecule has 2 aliphatic rings. The third-order valence-electron chi connectivity index (χ3n) is 5.59. The lowest BCUT2D eigenvalue weighted by Gasteiger charge is -2.31. The Morgan fingerprint density at radius 1 is 1.32 bits per heavy atom. The van der Waals surface area contributed by atoms with E-state index in [1.807, 2.05) is 21.8 Å². The highest BCUT2D eigenvalue weighted by molar-refractivity contribution is 5.92. The zero-order chi connectivity index (χ0) is 17.6. The Morgan fingerprint density at radius 2 is 2.12 bits per heavy atom. The van der Waals surface area contributed by atoms with Crippen LogP contribution in [0.15, 0.2) is 12.3 Å². The average Bonchev–Trinajstić information content (AvgIpc) is 3.12. The van der Waals surface area contributed by atoms with Gasteiger partial charge in [0, 0.05) is 25.8 Å². The second kappa shape index (κ2) is 8.81. The number of rotatable bonds is 6. The second-order valence-electron chi connectivity index (χ2n) is 7.86. The number of hydrogen-bond acceptors (Lipinski definition) is 4. The Balaban J connectivity index is 1.47. The summed E-state index contributed by atoms with van der Waals surface area (Å²) >= 11 is 0. The highest BCUT2D eigenvalue weighted by Crippen LogP contribution is 2.23. The van der Waals surface area contributed by atoms with E-state index >= 15 is 0 Å². The van der Waals surface area contributed by atoms with Crippen molar-refractivity contribution in [1.82, 2.24) is 24.9 Å². The molecule has 1 aromatic rings. The number of amides is 1. The van der Waals surface area contributed by atoms with Crippen LogP contribution in [0.4, 0.5) is 0 Å². The summed E-state index contributed by atoms with van der Waals surface area (Å²) in [5.41, 5.74) is 0.608. The van der Waals surface area contributed by atoms with Crippen molar-refractivity contribution in [2.75, 3.05) is 46.8 Å². The van der Waals surface area contributed by atoms with Crippen LogP contribution in [-0.4, -0.2) is 72.3 Å².